The topological polar surface area (TPSA) is 112 Å². The van der Waals surface area contributed by atoms with Crippen LogP contribution in [0.5, 0.6) is 0 Å². The molecule has 0 aromatic rings. The van der Waals surface area contributed by atoms with Gasteiger partial charge in [-0.1, -0.05) is 12.8 Å². The van der Waals surface area contributed by atoms with Crippen molar-refractivity contribution in [3.8, 4) is 0 Å². The van der Waals surface area contributed by atoms with Gasteiger partial charge in [-0.2, -0.15) is 0 Å². The lowest BCUT2D eigenvalue weighted by Gasteiger charge is -2.11. The van der Waals surface area contributed by atoms with Gasteiger partial charge in [-0.05, 0) is 25.7 Å². The Morgan fingerprint density at radius 2 is 1.11 bits per heavy atom. The largest absolute Gasteiger partial charge is 0.481 e. The number of aliphatic carboxylic acids is 3. The molecule has 0 aliphatic heterocycles. The molecule has 0 heterocycles. The molecule has 0 bridgehead atoms. The van der Waals surface area contributed by atoms with Gasteiger partial charge in [0.2, 0.25) is 0 Å². The molecule has 6 nitrogen and oxygen atoms in total. The molecule has 0 saturated heterocycles. The Kier molecular flexibility index (Phi) is 8.61. The zero-order valence-corrected chi connectivity index (χ0v) is 10.3. The molecule has 18 heavy (non-hydrogen) atoms. The van der Waals surface area contributed by atoms with Gasteiger partial charge in [0.1, 0.15) is 0 Å². The van der Waals surface area contributed by atoms with Gasteiger partial charge in [-0.3, -0.25) is 14.4 Å². The monoisotopic (exact) mass is 260 g/mol. The zero-order valence-electron chi connectivity index (χ0n) is 10.3. The lowest BCUT2D eigenvalue weighted by atomic mass is 9.95. The van der Waals surface area contributed by atoms with Crippen molar-refractivity contribution in [3.63, 3.8) is 0 Å². The van der Waals surface area contributed by atoms with Crippen LogP contribution in [0.25, 0.3) is 0 Å². The average Bonchev–Trinajstić information content (AvgIpc) is 2.25. The van der Waals surface area contributed by atoms with Crippen LogP contribution in [0.2, 0.25) is 0 Å². The van der Waals surface area contributed by atoms with E-state index in [0.29, 0.717) is 38.5 Å². The average molecular weight is 260 g/mol. The minimum atomic E-state index is -0.888. The van der Waals surface area contributed by atoms with Gasteiger partial charge >= 0.3 is 17.9 Å². The highest BCUT2D eigenvalue weighted by atomic mass is 16.4. The van der Waals surface area contributed by atoms with Crippen molar-refractivity contribution in [1.82, 2.24) is 0 Å². The number of hydrogen-bond acceptors (Lipinski definition) is 3. The lowest BCUT2D eigenvalue weighted by molar-refractivity contribution is -0.142. The summed E-state index contributed by atoms with van der Waals surface area (Å²) in [6.45, 7) is 0. The normalized spacial score (nSPS) is 10.5. The fourth-order valence-electron chi connectivity index (χ4n) is 1.73. The maximum atomic E-state index is 10.9. The Bertz CT molecular complexity index is 264. The first kappa shape index (κ1) is 16.4. The van der Waals surface area contributed by atoms with Crippen LogP contribution in [0.3, 0.4) is 0 Å². The highest BCUT2D eigenvalue weighted by Gasteiger charge is 2.16. The summed E-state index contributed by atoms with van der Waals surface area (Å²) < 4.78 is 0. The first-order chi connectivity index (χ1) is 8.43. The summed E-state index contributed by atoms with van der Waals surface area (Å²) in [7, 11) is 0. The quantitative estimate of drug-likeness (QED) is 0.490. The molecule has 0 radical (unpaired) electrons. The van der Waals surface area contributed by atoms with E-state index >= 15 is 0 Å². The highest BCUT2D eigenvalue weighted by Crippen LogP contribution is 2.17. The van der Waals surface area contributed by atoms with Crippen molar-refractivity contribution in [2.24, 2.45) is 5.92 Å². The molecule has 0 aliphatic rings. The van der Waals surface area contributed by atoms with Crippen LogP contribution >= 0.6 is 0 Å². The summed E-state index contributed by atoms with van der Waals surface area (Å²) in [5.41, 5.74) is 0. The van der Waals surface area contributed by atoms with E-state index in [4.69, 9.17) is 15.3 Å². The smallest absolute Gasteiger partial charge is 0.306 e. The molecule has 0 rings (SSSR count). The second-order valence-electron chi connectivity index (χ2n) is 4.31. The number of unbranched alkanes of at least 4 members (excludes halogenated alkanes) is 2. The van der Waals surface area contributed by atoms with Crippen molar-refractivity contribution in [2.45, 2.75) is 51.4 Å². The third-order valence-electron chi connectivity index (χ3n) is 2.74. The van der Waals surface area contributed by atoms with E-state index in [1.54, 1.807) is 0 Å². The first-order valence-corrected chi connectivity index (χ1v) is 6.10. The van der Waals surface area contributed by atoms with E-state index in [1.807, 2.05) is 0 Å². The number of carbonyl (C=O) groups is 3. The molecule has 104 valence electrons. The minimum Gasteiger partial charge on any atom is -0.481 e. The number of carboxylic acids is 3. The molecule has 3 N–H and O–H groups in total. The van der Waals surface area contributed by atoms with E-state index in [0.717, 1.165) is 0 Å². The van der Waals surface area contributed by atoms with Crippen molar-refractivity contribution in [3.05, 3.63) is 0 Å². The van der Waals surface area contributed by atoms with Gasteiger partial charge in [0.05, 0.1) is 5.92 Å². The fourth-order valence-corrected chi connectivity index (χ4v) is 1.73. The molecule has 6 heteroatoms. The van der Waals surface area contributed by atoms with Crippen LogP contribution in [0.15, 0.2) is 0 Å². The highest BCUT2D eigenvalue weighted by molar-refractivity contribution is 5.70. The third kappa shape index (κ3) is 9.62. The Balaban J connectivity index is 3.75. The van der Waals surface area contributed by atoms with Crippen molar-refractivity contribution >= 4 is 17.9 Å². The van der Waals surface area contributed by atoms with Crippen LogP contribution in [-0.4, -0.2) is 33.2 Å². The summed E-state index contributed by atoms with van der Waals surface area (Å²) >= 11 is 0. The van der Waals surface area contributed by atoms with Gasteiger partial charge in [-0.25, -0.2) is 0 Å². The SMILES string of the molecule is O=C(O)CCCCC(CCCCC(=O)O)C(=O)O. The second-order valence-corrected chi connectivity index (χ2v) is 4.31. The van der Waals surface area contributed by atoms with E-state index in [1.165, 1.54) is 0 Å². The van der Waals surface area contributed by atoms with E-state index < -0.39 is 23.8 Å². The van der Waals surface area contributed by atoms with Crippen LogP contribution in [-0.2, 0) is 14.4 Å². The number of carboxylic acid groups (broad SMARTS) is 3. The molecule has 0 aromatic heterocycles. The van der Waals surface area contributed by atoms with Crippen molar-refractivity contribution < 1.29 is 29.7 Å². The predicted molar refractivity (Wildman–Crippen MR) is 63.3 cm³/mol. The van der Waals surface area contributed by atoms with E-state index in [9.17, 15) is 14.4 Å². The molecule has 0 amide bonds. The summed E-state index contributed by atoms with van der Waals surface area (Å²) in [4.78, 5) is 31.5. The number of hydrogen-bond donors (Lipinski definition) is 3. The van der Waals surface area contributed by atoms with Crippen LogP contribution < -0.4 is 0 Å². The maximum absolute atomic E-state index is 10.9. The standard InChI is InChI=1S/C12H20O6/c13-10(14)7-3-1-5-9(12(17)18)6-2-4-8-11(15)16/h9H,1-8H2,(H,13,14)(H,15,16)(H,17,18). The maximum Gasteiger partial charge on any atom is 0.306 e. The molecule has 0 aromatic carbocycles. The Morgan fingerprint density at radius 3 is 1.39 bits per heavy atom. The minimum absolute atomic E-state index is 0.0609. The second kappa shape index (κ2) is 9.44. The number of rotatable bonds is 11. The molecule has 0 fully saturated rings. The van der Waals surface area contributed by atoms with Crippen molar-refractivity contribution in [2.75, 3.05) is 0 Å². The molecular formula is C12H20O6. The van der Waals surface area contributed by atoms with Crippen LogP contribution in [0.4, 0.5) is 0 Å². The molecule has 0 unspecified atom stereocenters. The van der Waals surface area contributed by atoms with Crippen LogP contribution in [0, 0.1) is 5.92 Å². The molecule has 0 spiro atoms. The van der Waals surface area contributed by atoms with Gasteiger partial charge in [0, 0.05) is 12.8 Å². The van der Waals surface area contributed by atoms with Gasteiger partial charge in [-0.15, -0.1) is 0 Å². The van der Waals surface area contributed by atoms with Crippen molar-refractivity contribution in [1.29, 1.82) is 0 Å². The van der Waals surface area contributed by atoms with E-state index in [2.05, 4.69) is 0 Å². The summed E-state index contributed by atoms with van der Waals surface area (Å²) in [6, 6.07) is 0. The third-order valence-corrected chi connectivity index (χ3v) is 2.74. The molecular weight excluding hydrogens is 240 g/mol. The molecule has 0 saturated carbocycles. The zero-order chi connectivity index (χ0) is 14.0. The summed E-state index contributed by atoms with van der Waals surface area (Å²) in [5, 5.41) is 25.8. The predicted octanol–water partition coefficient (Wildman–Crippen LogP) is 1.98. The Morgan fingerprint density at radius 1 is 0.722 bits per heavy atom. The summed E-state index contributed by atoms with van der Waals surface area (Å²) in [5.74, 6) is -3.13. The lowest BCUT2D eigenvalue weighted by Crippen LogP contribution is -2.14. The Hall–Kier alpha value is -1.59. The van der Waals surface area contributed by atoms with E-state index in [-0.39, 0.29) is 12.8 Å². The summed E-state index contributed by atoms with van der Waals surface area (Å²) in [6.07, 6.45) is 3.13. The molecule has 0 aliphatic carbocycles. The van der Waals surface area contributed by atoms with Gasteiger partial charge < -0.3 is 15.3 Å². The first-order valence-electron chi connectivity index (χ1n) is 6.10. The molecule has 0 atom stereocenters. The van der Waals surface area contributed by atoms with Gasteiger partial charge in [0.25, 0.3) is 0 Å². The van der Waals surface area contributed by atoms with Gasteiger partial charge in [0.15, 0.2) is 0 Å². The van der Waals surface area contributed by atoms with Crippen LogP contribution in [0.1, 0.15) is 51.4 Å². The fraction of sp³-hybridized carbons (Fsp3) is 0.750. The Labute approximate surface area is 106 Å².